The van der Waals surface area contributed by atoms with E-state index in [1.54, 1.807) is 39.1 Å². The van der Waals surface area contributed by atoms with Gasteiger partial charge in [0.2, 0.25) is 10.0 Å². The van der Waals surface area contributed by atoms with Crippen molar-refractivity contribution in [2.45, 2.75) is 25.3 Å². The molecule has 0 saturated carbocycles. The minimum atomic E-state index is -3.61. The first kappa shape index (κ1) is 20.4. The second-order valence-electron chi connectivity index (χ2n) is 5.87. The van der Waals surface area contributed by atoms with E-state index in [0.717, 1.165) is 5.56 Å². The van der Waals surface area contributed by atoms with Crippen LogP contribution in [0.4, 0.5) is 0 Å². The number of rotatable bonds is 7. The Labute approximate surface area is 160 Å². The molecule has 2 aromatic carbocycles. The zero-order valence-corrected chi connectivity index (χ0v) is 16.7. The van der Waals surface area contributed by atoms with E-state index in [9.17, 15) is 13.2 Å². The molecule has 0 spiro atoms. The van der Waals surface area contributed by atoms with Crippen molar-refractivity contribution < 1.29 is 13.2 Å². The average Bonchev–Trinajstić information content (AvgIpc) is 2.64. The van der Waals surface area contributed by atoms with Gasteiger partial charge in [0.05, 0.1) is 4.90 Å². The van der Waals surface area contributed by atoms with Gasteiger partial charge in [0.1, 0.15) is 0 Å². The monoisotopic (exact) mass is 394 g/mol. The molecule has 0 fully saturated rings. The lowest BCUT2D eigenvalue weighted by molar-refractivity contribution is 0.0785. The van der Waals surface area contributed by atoms with Crippen molar-refractivity contribution in [1.82, 2.24) is 9.21 Å². The molecule has 26 heavy (non-hydrogen) atoms. The molecule has 2 rings (SSSR count). The lowest BCUT2D eigenvalue weighted by Crippen LogP contribution is -2.31. The molecule has 0 aliphatic rings. The number of amides is 1. The Morgan fingerprint density at radius 2 is 1.69 bits per heavy atom. The summed E-state index contributed by atoms with van der Waals surface area (Å²) < 4.78 is 26.7. The fraction of sp³-hybridized carbons (Fsp3) is 0.316. The highest BCUT2D eigenvalue weighted by molar-refractivity contribution is 7.89. The largest absolute Gasteiger partial charge is 0.337 e. The van der Waals surface area contributed by atoms with Gasteiger partial charge in [0.25, 0.3) is 5.91 Å². The predicted molar refractivity (Wildman–Crippen MR) is 104 cm³/mol. The zero-order valence-electron chi connectivity index (χ0n) is 15.1. The van der Waals surface area contributed by atoms with E-state index in [2.05, 4.69) is 0 Å². The first-order chi connectivity index (χ1) is 12.3. The number of benzene rings is 2. The van der Waals surface area contributed by atoms with E-state index in [4.69, 9.17) is 11.6 Å². The number of nitrogens with zero attached hydrogens (tertiary/aromatic N) is 2. The molecular formula is C19H23ClN2O3S. The van der Waals surface area contributed by atoms with Crippen molar-refractivity contribution in [1.29, 1.82) is 0 Å². The molecule has 0 radical (unpaired) electrons. The molecule has 0 N–H and O–H groups in total. The van der Waals surface area contributed by atoms with Crippen LogP contribution in [0.5, 0.6) is 0 Å². The highest BCUT2D eigenvalue weighted by atomic mass is 35.5. The Hall–Kier alpha value is -1.89. The highest BCUT2D eigenvalue weighted by Gasteiger charge is 2.23. The number of carbonyl (C=O) groups is 1. The summed E-state index contributed by atoms with van der Waals surface area (Å²) in [5, 5.41) is 0.588. The smallest absolute Gasteiger partial charge is 0.253 e. The Balaban J connectivity index is 2.26. The van der Waals surface area contributed by atoms with Crippen LogP contribution < -0.4 is 0 Å². The topological polar surface area (TPSA) is 57.7 Å². The van der Waals surface area contributed by atoms with Gasteiger partial charge in [-0.15, -0.1) is 0 Å². The van der Waals surface area contributed by atoms with Gasteiger partial charge in [-0.2, -0.15) is 4.31 Å². The third-order valence-corrected chi connectivity index (χ3v) is 6.55. The van der Waals surface area contributed by atoms with Crippen LogP contribution in [0.2, 0.25) is 5.02 Å². The van der Waals surface area contributed by atoms with Gasteiger partial charge in [0.15, 0.2) is 0 Å². The molecule has 0 aromatic heterocycles. The van der Waals surface area contributed by atoms with E-state index in [-0.39, 0.29) is 10.8 Å². The summed E-state index contributed by atoms with van der Waals surface area (Å²) in [6.45, 7) is 4.67. The second-order valence-corrected chi connectivity index (χ2v) is 8.21. The van der Waals surface area contributed by atoms with Crippen molar-refractivity contribution in [2.24, 2.45) is 0 Å². The fourth-order valence-electron chi connectivity index (χ4n) is 2.68. The lowest BCUT2D eigenvalue weighted by atomic mass is 10.1. The summed E-state index contributed by atoms with van der Waals surface area (Å²) in [5.74, 6) is -0.262. The third-order valence-electron chi connectivity index (χ3n) is 4.14. The first-order valence-electron chi connectivity index (χ1n) is 8.40. The minimum absolute atomic E-state index is 0.123. The maximum absolute atomic E-state index is 12.7. The summed E-state index contributed by atoms with van der Waals surface area (Å²) >= 11 is 6.15. The molecule has 0 unspecified atom stereocenters. The molecule has 140 valence electrons. The van der Waals surface area contributed by atoms with Crippen LogP contribution in [0.15, 0.2) is 53.4 Å². The Bertz CT molecular complexity index is 880. The van der Waals surface area contributed by atoms with Gasteiger partial charge in [0, 0.05) is 37.3 Å². The van der Waals surface area contributed by atoms with E-state index < -0.39 is 10.0 Å². The van der Waals surface area contributed by atoms with Crippen molar-refractivity contribution in [3.63, 3.8) is 0 Å². The summed E-state index contributed by atoms with van der Waals surface area (Å²) in [5.41, 5.74) is 1.16. The Morgan fingerprint density at radius 3 is 2.31 bits per heavy atom. The number of sulfonamides is 1. The van der Waals surface area contributed by atoms with Crippen LogP contribution in [0.1, 0.15) is 29.8 Å². The maximum atomic E-state index is 12.7. The summed E-state index contributed by atoms with van der Waals surface area (Å²) in [6.07, 6.45) is 0. The van der Waals surface area contributed by atoms with Crippen molar-refractivity contribution in [3.05, 3.63) is 64.7 Å². The van der Waals surface area contributed by atoms with Crippen LogP contribution in [0, 0.1) is 0 Å². The molecule has 0 saturated heterocycles. The average molecular weight is 395 g/mol. The van der Waals surface area contributed by atoms with Gasteiger partial charge < -0.3 is 4.90 Å². The molecule has 7 heteroatoms. The first-order valence-corrected chi connectivity index (χ1v) is 10.2. The van der Waals surface area contributed by atoms with Gasteiger partial charge in [-0.1, -0.05) is 49.7 Å². The minimum Gasteiger partial charge on any atom is -0.337 e. The van der Waals surface area contributed by atoms with Gasteiger partial charge in [-0.25, -0.2) is 8.42 Å². The van der Waals surface area contributed by atoms with E-state index in [1.807, 2.05) is 18.2 Å². The normalized spacial score (nSPS) is 11.6. The molecule has 0 heterocycles. The Morgan fingerprint density at radius 1 is 1.04 bits per heavy atom. The molecule has 0 aliphatic carbocycles. The van der Waals surface area contributed by atoms with E-state index in [0.29, 0.717) is 30.2 Å². The number of halogens is 1. The quantitative estimate of drug-likeness (QED) is 0.720. The van der Waals surface area contributed by atoms with Gasteiger partial charge in [-0.05, 0) is 29.8 Å². The van der Waals surface area contributed by atoms with Crippen LogP contribution in [-0.4, -0.2) is 43.7 Å². The summed E-state index contributed by atoms with van der Waals surface area (Å²) in [7, 11) is -1.94. The van der Waals surface area contributed by atoms with Crippen LogP contribution in [0.25, 0.3) is 0 Å². The molecule has 2 aromatic rings. The molecular weight excluding hydrogens is 372 g/mol. The maximum Gasteiger partial charge on any atom is 0.253 e. The molecule has 1 amide bonds. The number of carbonyl (C=O) groups excluding carboxylic acids is 1. The van der Waals surface area contributed by atoms with E-state index in [1.165, 1.54) is 21.3 Å². The van der Waals surface area contributed by atoms with Crippen molar-refractivity contribution >= 4 is 27.5 Å². The molecule has 0 atom stereocenters. The molecule has 0 bridgehead atoms. The lowest BCUT2D eigenvalue weighted by Gasteiger charge is -2.20. The van der Waals surface area contributed by atoms with Crippen molar-refractivity contribution in [2.75, 3.05) is 20.1 Å². The van der Waals surface area contributed by atoms with Gasteiger partial charge in [-0.3, -0.25) is 4.79 Å². The SMILES string of the molecule is CCN(CC)S(=O)(=O)c1cccc(C(=O)N(C)Cc2ccccc2Cl)c1. The summed E-state index contributed by atoms with van der Waals surface area (Å²) in [6, 6.07) is 13.5. The number of hydrogen-bond acceptors (Lipinski definition) is 3. The van der Waals surface area contributed by atoms with Gasteiger partial charge >= 0.3 is 0 Å². The predicted octanol–water partition coefficient (Wildman–Crippen LogP) is 3.64. The fourth-order valence-corrected chi connectivity index (χ4v) is 4.38. The molecule has 5 nitrogen and oxygen atoms in total. The number of hydrogen-bond donors (Lipinski definition) is 0. The second kappa shape index (κ2) is 8.66. The zero-order chi connectivity index (χ0) is 19.3. The van der Waals surface area contributed by atoms with Crippen LogP contribution >= 0.6 is 11.6 Å². The summed E-state index contributed by atoms with van der Waals surface area (Å²) in [4.78, 5) is 14.4. The third kappa shape index (κ3) is 4.44. The Kier molecular flexibility index (Phi) is 6.81. The van der Waals surface area contributed by atoms with Crippen LogP contribution in [-0.2, 0) is 16.6 Å². The van der Waals surface area contributed by atoms with Crippen molar-refractivity contribution in [3.8, 4) is 0 Å². The van der Waals surface area contributed by atoms with E-state index >= 15 is 0 Å². The standard InChI is InChI=1S/C19H23ClN2O3S/c1-4-22(5-2)26(24,25)17-11-8-10-15(13-17)19(23)21(3)14-16-9-6-7-12-18(16)20/h6-13H,4-5,14H2,1-3H3. The molecule has 0 aliphatic heterocycles. The van der Waals surface area contributed by atoms with Crippen LogP contribution in [0.3, 0.4) is 0 Å². The highest BCUT2D eigenvalue weighted by Crippen LogP contribution is 2.20.